The van der Waals surface area contributed by atoms with Crippen molar-refractivity contribution < 1.29 is 13.2 Å². The van der Waals surface area contributed by atoms with Crippen LogP contribution in [0.25, 0.3) is 0 Å². The van der Waals surface area contributed by atoms with Crippen molar-refractivity contribution in [2.75, 3.05) is 7.11 Å². The van der Waals surface area contributed by atoms with Crippen LogP contribution in [0.1, 0.15) is 41.4 Å². The van der Waals surface area contributed by atoms with E-state index in [0.717, 1.165) is 16.8 Å². The van der Waals surface area contributed by atoms with Crippen molar-refractivity contribution in [2.45, 2.75) is 51.1 Å². The Kier molecular flexibility index (Phi) is 4.44. The van der Waals surface area contributed by atoms with Crippen LogP contribution in [-0.4, -0.2) is 20.1 Å². The highest BCUT2D eigenvalue weighted by atomic mass is 32.2. The van der Waals surface area contributed by atoms with Gasteiger partial charge in [0.25, 0.3) is 0 Å². The molecule has 6 heteroatoms. The van der Waals surface area contributed by atoms with Gasteiger partial charge in [-0.2, -0.15) is 0 Å². The lowest BCUT2D eigenvalue weighted by Gasteiger charge is -2.10. The molecule has 5 nitrogen and oxygen atoms in total. The van der Waals surface area contributed by atoms with Gasteiger partial charge in [0.1, 0.15) is 5.75 Å². The molecule has 2 aromatic rings. The van der Waals surface area contributed by atoms with E-state index in [1.54, 1.807) is 25.3 Å². The highest BCUT2D eigenvalue weighted by molar-refractivity contribution is 7.89. The molecule has 24 heavy (non-hydrogen) atoms. The Morgan fingerprint density at radius 2 is 1.92 bits per heavy atom. The summed E-state index contributed by atoms with van der Waals surface area (Å²) in [5.41, 5.74) is 4.19. The lowest BCUT2D eigenvalue weighted by Crippen LogP contribution is -2.23. The first kappa shape index (κ1) is 17.0. The number of methoxy groups -OCH3 is 1. The van der Waals surface area contributed by atoms with E-state index in [2.05, 4.69) is 29.2 Å². The van der Waals surface area contributed by atoms with Gasteiger partial charge in [0.05, 0.1) is 12.0 Å². The van der Waals surface area contributed by atoms with Crippen LogP contribution in [-0.2, 0) is 16.6 Å². The summed E-state index contributed by atoms with van der Waals surface area (Å²) in [7, 11) is -1.97. The molecule has 1 heterocycles. The van der Waals surface area contributed by atoms with Crippen molar-refractivity contribution >= 4 is 10.0 Å². The third kappa shape index (κ3) is 3.21. The summed E-state index contributed by atoms with van der Waals surface area (Å²) in [6.07, 6.45) is 2.43. The molecule has 1 saturated carbocycles. The monoisotopic (exact) mass is 348 g/mol. The zero-order valence-corrected chi connectivity index (χ0v) is 15.4. The number of rotatable bonds is 6. The Labute approximate surface area is 143 Å². The van der Waals surface area contributed by atoms with Gasteiger partial charge in [-0.05, 0) is 69.0 Å². The smallest absolute Gasteiger partial charge is 0.240 e. The van der Waals surface area contributed by atoms with Crippen LogP contribution >= 0.6 is 0 Å². The summed E-state index contributed by atoms with van der Waals surface area (Å²) in [5.74, 6) is 0.682. The molecule has 1 aromatic heterocycles. The second-order valence-electron chi connectivity index (χ2n) is 6.45. The Balaban J connectivity index is 1.78. The van der Waals surface area contributed by atoms with E-state index in [0.29, 0.717) is 18.3 Å². The van der Waals surface area contributed by atoms with Crippen LogP contribution < -0.4 is 9.46 Å². The van der Waals surface area contributed by atoms with Gasteiger partial charge in [0.15, 0.2) is 0 Å². The fourth-order valence-corrected chi connectivity index (χ4v) is 4.28. The molecule has 0 saturated heterocycles. The SMILES string of the molecule is COc1ccc(S(=O)(=O)NCc2cc(C)n(C3CC3)c2C)cc1C. The quantitative estimate of drug-likeness (QED) is 0.872. The number of nitrogens with one attached hydrogen (secondary N) is 1. The van der Waals surface area contributed by atoms with Gasteiger partial charge in [-0.1, -0.05) is 0 Å². The maximum atomic E-state index is 12.5. The molecular formula is C18H24N2O3S. The summed E-state index contributed by atoms with van der Waals surface area (Å²) in [6.45, 7) is 6.28. The maximum Gasteiger partial charge on any atom is 0.240 e. The number of benzene rings is 1. The van der Waals surface area contributed by atoms with Crippen molar-refractivity contribution in [3.05, 3.63) is 46.8 Å². The molecule has 0 aliphatic heterocycles. The molecule has 0 radical (unpaired) electrons. The first-order valence-electron chi connectivity index (χ1n) is 8.15. The number of sulfonamides is 1. The van der Waals surface area contributed by atoms with Crippen LogP contribution in [0.5, 0.6) is 5.75 Å². The van der Waals surface area contributed by atoms with Gasteiger partial charge in [-0.25, -0.2) is 13.1 Å². The molecule has 0 bridgehead atoms. The average Bonchev–Trinajstić information content (AvgIpc) is 3.31. The van der Waals surface area contributed by atoms with E-state index >= 15 is 0 Å². The summed E-state index contributed by atoms with van der Waals surface area (Å²) < 4.78 is 35.3. The highest BCUT2D eigenvalue weighted by Crippen LogP contribution is 2.38. The molecule has 3 rings (SSSR count). The van der Waals surface area contributed by atoms with Crippen LogP contribution in [0.15, 0.2) is 29.2 Å². The van der Waals surface area contributed by atoms with Crippen molar-refractivity contribution in [3.63, 3.8) is 0 Å². The summed E-state index contributed by atoms with van der Waals surface area (Å²) >= 11 is 0. The molecule has 0 amide bonds. The van der Waals surface area contributed by atoms with Crippen molar-refractivity contribution in [3.8, 4) is 5.75 Å². The van der Waals surface area contributed by atoms with Crippen LogP contribution in [0, 0.1) is 20.8 Å². The number of hydrogen-bond donors (Lipinski definition) is 1. The minimum absolute atomic E-state index is 0.261. The standard InChI is InChI=1S/C18H24N2O3S/c1-12-9-17(7-8-18(12)23-4)24(21,22)19-11-15-10-13(2)20(14(15)3)16-5-6-16/h7-10,16,19H,5-6,11H2,1-4H3. The summed E-state index contributed by atoms with van der Waals surface area (Å²) in [4.78, 5) is 0.261. The van der Waals surface area contributed by atoms with Gasteiger partial charge in [0.2, 0.25) is 10.0 Å². The molecule has 1 aromatic carbocycles. The zero-order valence-electron chi connectivity index (χ0n) is 14.6. The Hall–Kier alpha value is -1.79. The predicted octanol–water partition coefficient (Wildman–Crippen LogP) is 3.24. The van der Waals surface area contributed by atoms with E-state index in [1.165, 1.54) is 18.5 Å². The zero-order chi connectivity index (χ0) is 17.5. The van der Waals surface area contributed by atoms with Gasteiger partial charge in [-0.15, -0.1) is 0 Å². The van der Waals surface area contributed by atoms with E-state index in [9.17, 15) is 8.42 Å². The number of ether oxygens (including phenoxy) is 1. The Bertz CT molecular complexity index is 865. The molecule has 1 aliphatic carbocycles. The normalized spacial score (nSPS) is 14.8. The van der Waals surface area contributed by atoms with E-state index in [4.69, 9.17) is 4.74 Å². The topological polar surface area (TPSA) is 60.3 Å². The highest BCUT2D eigenvalue weighted by Gasteiger charge is 2.27. The maximum absolute atomic E-state index is 12.5. The van der Waals surface area contributed by atoms with Gasteiger partial charge in [-0.3, -0.25) is 0 Å². The molecule has 1 N–H and O–H groups in total. The lowest BCUT2D eigenvalue weighted by atomic mass is 10.2. The van der Waals surface area contributed by atoms with Crippen LogP contribution in [0.4, 0.5) is 0 Å². The third-order valence-corrected chi connectivity index (χ3v) is 6.03. The van der Waals surface area contributed by atoms with Crippen molar-refractivity contribution in [1.29, 1.82) is 0 Å². The summed E-state index contributed by atoms with van der Waals surface area (Å²) in [6, 6.07) is 7.56. The minimum Gasteiger partial charge on any atom is -0.496 e. The van der Waals surface area contributed by atoms with Crippen LogP contribution in [0.2, 0.25) is 0 Å². The first-order valence-corrected chi connectivity index (χ1v) is 9.63. The van der Waals surface area contributed by atoms with Gasteiger partial charge >= 0.3 is 0 Å². The number of aryl methyl sites for hydroxylation is 2. The molecular weight excluding hydrogens is 324 g/mol. The van der Waals surface area contributed by atoms with E-state index in [1.807, 2.05) is 6.92 Å². The van der Waals surface area contributed by atoms with Crippen LogP contribution in [0.3, 0.4) is 0 Å². The number of nitrogens with zero attached hydrogens (tertiary/aromatic N) is 1. The second-order valence-corrected chi connectivity index (χ2v) is 8.22. The second kappa shape index (κ2) is 6.26. The molecule has 1 aliphatic rings. The minimum atomic E-state index is -3.55. The summed E-state index contributed by atoms with van der Waals surface area (Å²) in [5, 5.41) is 0. The molecule has 1 fully saturated rings. The number of hydrogen-bond acceptors (Lipinski definition) is 3. The predicted molar refractivity (Wildman–Crippen MR) is 93.9 cm³/mol. The van der Waals surface area contributed by atoms with Crippen molar-refractivity contribution in [2.24, 2.45) is 0 Å². The molecule has 0 unspecified atom stereocenters. The first-order chi connectivity index (χ1) is 11.3. The number of aromatic nitrogens is 1. The molecule has 0 atom stereocenters. The van der Waals surface area contributed by atoms with Crippen molar-refractivity contribution in [1.82, 2.24) is 9.29 Å². The fourth-order valence-electron chi connectivity index (χ4n) is 3.19. The van der Waals surface area contributed by atoms with E-state index < -0.39 is 10.0 Å². The Morgan fingerprint density at radius 3 is 2.50 bits per heavy atom. The van der Waals surface area contributed by atoms with E-state index in [-0.39, 0.29) is 4.90 Å². The fraction of sp³-hybridized carbons (Fsp3) is 0.444. The van der Waals surface area contributed by atoms with Gasteiger partial charge in [0, 0.05) is 24.0 Å². The Morgan fingerprint density at radius 1 is 1.21 bits per heavy atom. The molecule has 0 spiro atoms. The lowest BCUT2D eigenvalue weighted by molar-refractivity contribution is 0.411. The average molecular weight is 348 g/mol. The third-order valence-electron chi connectivity index (χ3n) is 4.63. The van der Waals surface area contributed by atoms with Gasteiger partial charge < -0.3 is 9.30 Å². The largest absolute Gasteiger partial charge is 0.496 e. The molecule has 130 valence electrons.